The average molecular weight is 471 g/mol. The summed E-state index contributed by atoms with van der Waals surface area (Å²) in [6.07, 6.45) is -0.601. The summed E-state index contributed by atoms with van der Waals surface area (Å²) in [5.41, 5.74) is 3.13. The van der Waals surface area contributed by atoms with Crippen LogP contribution in [0, 0.1) is 23.7 Å². The van der Waals surface area contributed by atoms with E-state index in [0.717, 1.165) is 39.3 Å². The number of benzene rings is 3. The van der Waals surface area contributed by atoms with Crippen molar-refractivity contribution in [2.24, 2.45) is 23.7 Å². The Bertz CT molecular complexity index is 1320. The Kier molecular flexibility index (Phi) is 4.81. The Morgan fingerprint density at radius 1 is 0.686 bits per heavy atom. The molecule has 3 aromatic carbocycles. The lowest BCUT2D eigenvalue weighted by Gasteiger charge is -2.22. The fourth-order valence-corrected chi connectivity index (χ4v) is 5.88. The van der Waals surface area contributed by atoms with Gasteiger partial charge in [-0.1, -0.05) is 78.9 Å². The number of anilines is 1. The number of allylic oxidation sites excluding steroid dienone is 3. The van der Waals surface area contributed by atoms with E-state index in [1.807, 2.05) is 72.8 Å². The second kappa shape index (κ2) is 7.80. The first-order valence-corrected chi connectivity index (χ1v) is 11.4. The van der Waals surface area contributed by atoms with Gasteiger partial charge in [0, 0.05) is 11.8 Å². The van der Waals surface area contributed by atoms with E-state index in [-0.39, 0.29) is 17.5 Å². The van der Waals surface area contributed by atoms with Gasteiger partial charge in [-0.25, -0.2) is 4.90 Å². The molecule has 4 atom stereocenters. The van der Waals surface area contributed by atoms with E-state index in [2.05, 4.69) is 0 Å². The number of hydrogen-bond donors (Lipinski definition) is 0. The number of carbonyl (C=O) groups excluding carboxylic acids is 2. The van der Waals surface area contributed by atoms with Gasteiger partial charge in [-0.2, -0.15) is 13.2 Å². The molecule has 2 bridgehead atoms. The third-order valence-corrected chi connectivity index (χ3v) is 7.26. The molecule has 2 fully saturated rings. The lowest BCUT2D eigenvalue weighted by molar-refractivity contribution is -0.137. The Labute approximate surface area is 200 Å². The average Bonchev–Trinajstić information content (AvgIpc) is 3.49. The zero-order chi connectivity index (χ0) is 24.3. The molecule has 174 valence electrons. The number of nitrogens with zero attached hydrogens (tertiary/aromatic N) is 1. The van der Waals surface area contributed by atoms with Crippen molar-refractivity contribution >= 4 is 23.1 Å². The molecular weight excluding hydrogens is 451 g/mol. The highest BCUT2D eigenvalue weighted by atomic mass is 19.4. The monoisotopic (exact) mass is 471 g/mol. The van der Waals surface area contributed by atoms with Gasteiger partial charge in [-0.3, -0.25) is 9.59 Å². The minimum atomic E-state index is -4.56. The second-order valence-electron chi connectivity index (χ2n) is 9.11. The first-order chi connectivity index (χ1) is 16.9. The number of carbonyl (C=O) groups is 2. The molecule has 2 aliphatic carbocycles. The number of hydrogen-bond acceptors (Lipinski definition) is 2. The topological polar surface area (TPSA) is 37.4 Å². The van der Waals surface area contributed by atoms with Crippen LogP contribution in [0.4, 0.5) is 18.9 Å². The maximum atomic E-state index is 13.6. The zero-order valence-electron chi connectivity index (χ0n) is 18.4. The standard InChI is InChI=1S/C29H20F3NO2/c30-29(31,32)19-12-7-13-20(16-19)33-27(34)25-21-14-15-22(26(25)28(33)35)24(21)23(17-8-3-1-4-9-17)18-10-5-2-6-11-18/h1-16,21-22,25-26H/t21-,22-,25-,26+/m0/s1. The molecule has 2 amide bonds. The third kappa shape index (κ3) is 3.27. The summed E-state index contributed by atoms with van der Waals surface area (Å²) in [5, 5.41) is 0. The van der Waals surface area contributed by atoms with Gasteiger partial charge in [0.2, 0.25) is 11.8 Å². The summed E-state index contributed by atoms with van der Waals surface area (Å²) in [6, 6.07) is 24.2. The van der Waals surface area contributed by atoms with Crippen molar-refractivity contribution in [1.29, 1.82) is 0 Å². The molecule has 6 heteroatoms. The Balaban J connectivity index is 1.45. The molecule has 0 spiro atoms. The molecule has 1 aliphatic heterocycles. The first-order valence-electron chi connectivity index (χ1n) is 11.4. The number of halogens is 3. The van der Waals surface area contributed by atoms with E-state index >= 15 is 0 Å². The van der Waals surface area contributed by atoms with Gasteiger partial charge < -0.3 is 0 Å². The van der Waals surface area contributed by atoms with Gasteiger partial charge in [0.05, 0.1) is 23.1 Å². The molecule has 0 N–H and O–H groups in total. The normalized spacial score (nSPS) is 24.9. The Morgan fingerprint density at radius 3 is 1.69 bits per heavy atom. The maximum Gasteiger partial charge on any atom is 0.416 e. The van der Waals surface area contributed by atoms with Crippen LogP contribution in [0.3, 0.4) is 0 Å². The lowest BCUT2D eigenvalue weighted by Crippen LogP contribution is -2.33. The van der Waals surface area contributed by atoms with Crippen molar-refractivity contribution in [3.8, 4) is 0 Å². The Morgan fingerprint density at radius 2 is 1.20 bits per heavy atom. The van der Waals surface area contributed by atoms with Crippen molar-refractivity contribution in [1.82, 2.24) is 0 Å². The molecule has 1 saturated heterocycles. The van der Waals surface area contributed by atoms with Gasteiger partial charge in [0.15, 0.2) is 0 Å². The van der Waals surface area contributed by atoms with Crippen LogP contribution in [0.5, 0.6) is 0 Å². The zero-order valence-corrected chi connectivity index (χ0v) is 18.4. The van der Waals surface area contributed by atoms with E-state index in [1.165, 1.54) is 12.1 Å². The largest absolute Gasteiger partial charge is 0.416 e. The number of imide groups is 1. The number of amides is 2. The molecule has 3 nitrogen and oxygen atoms in total. The number of rotatable bonds is 3. The summed E-state index contributed by atoms with van der Waals surface area (Å²) >= 11 is 0. The molecule has 0 unspecified atom stereocenters. The van der Waals surface area contributed by atoms with E-state index in [4.69, 9.17) is 0 Å². The van der Waals surface area contributed by atoms with Crippen LogP contribution < -0.4 is 4.90 Å². The molecule has 0 aromatic heterocycles. The van der Waals surface area contributed by atoms with Crippen LogP contribution >= 0.6 is 0 Å². The minimum absolute atomic E-state index is 0.0273. The summed E-state index contributed by atoms with van der Waals surface area (Å²) in [7, 11) is 0. The summed E-state index contributed by atoms with van der Waals surface area (Å²) in [5.74, 6) is -2.68. The van der Waals surface area contributed by atoms with Crippen LogP contribution in [0.15, 0.2) is 103 Å². The van der Waals surface area contributed by atoms with Crippen LogP contribution in [-0.2, 0) is 15.8 Å². The van der Waals surface area contributed by atoms with Crippen molar-refractivity contribution in [2.45, 2.75) is 6.18 Å². The number of fused-ring (bicyclic) bond motifs is 5. The molecule has 3 aliphatic rings. The van der Waals surface area contributed by atoms with Gasteiger partial charge in [-0.05, 0) is 40.5 Å². The third-order valence-electron chi connectivity index (χ3n) is 7.26. The second-order valence-corrected chi connectivity index (χ2v) is 9.11. The first kappa shape index (κ1) is 21.6. The lowest BCUT2D eigenvalue weighted by atomic mass is 9.85. The van der Waals surface area contributed by atoms with Gasteiger partial charge in [-0.15, -0.1) is 0 Å². The molecule has 0 radical (unpaired) electrons. The van der Waals surface area contributed by atoms with Crippen molar-refractivity contribution in [3.05, 3.63) is 119 Å². The van der Waals surface area contributed by atoms with E-state index in [1.54, 1.807) is 0 Å². The van der Waals surface area contributed by atoms with E-state index in [0.29, 0.717) is 0 Å². The highest BCUT2D eigenvalue weighted by molar-refractivity contribution is 6.23. The highest BCUT2D eigenvalue weighted by Crippen LogP contribution is 2.59. The molecule has 1 saturated carbocycles. The van der Waals surface area contributed by atoms with E-state index in [9.17, 15) is 22.8 Å². The van der Waals surface area contributed by atoms with Crippen LogP contribution in [0.1, 0.15) is 16.7 Å². The predicted molar refractivity (Wildman–Crippen MR) is 126 cm³/mol. The van der Waals surface area contributed by atoms with Crippen molar-refractivity contribution < 1.29 is 22.8 Å². The fourth-order valence-electron chi connectivity index (χ4n) is 5.88. The van der Waals surface area contributed by atoms with Gasteiger partial charge in [0.25, 0.3) is 0 Å². The number of alkyl halides is 3. The van der Waals surface area contributed by atoms with Gasteiger partial charge in [0.1, 0.15) is 0 Å². The Hall–Kier alpha value is -3.93. The molecule has 35 heavy (non-hydrogen) atoms. The smallest absolute Gasteiger partial charge is 0.274 e. The fraction of sp³-hybridized carbons (Fsp3) is 0.172. The highest BCUT2D eigenvalue weighted by Gasteiger charge is 2.62. The molecular formula is C29H20F3NO2. The minimum Gasteiger partial charge on any atom is -0.274 e. The molecule has 6 rings (SSSR count). The van der Waals surface area contributed by atoms with Crippen LogP contribution in [0.2, 0.25) is 0 Å². The van der Waals surface area contributed by atoms with Crippen LogP contribution in [-0.4, -0.2) is 11.8 Å². The maximum absolute atomic E-state index is 13.6. The van der Waals surface area contributed by atoms with Gasteiger partial charge >= 0.3 is 6.18 Å². The summed E-state index contributed by atoms with van der Waals surface area (Å²) in [6.45, 7) is 0. The molecule has 1 heterocycles. The summed E-state index contributed by atoms with van der Waals surface area (Å²) in [4.78, 5) is 28.1. The quantitative estimate of drug-likeness (QED) is 0.341. The van der Waals surface area contributed by atoms with Crippen molar-refractivity contribution in [3.63, 3.8) is 0 Å². The summed E-state index contributed by atoms with van der Waals surface area (Å²) < 4.78 is 39.8. The molecule has 3 aromatic rings. The van der Waals surface area contributed by atoms with Crippen LogP contribution in [0.25, 0.3) is 5.57 Å². The van der Waals surface area contributed by atoms with E-state index < -0.39 is 35.4 Å². The SMILES string of the molecule is O=C1[C@@H]2[C@H](C(=O)N1c1cccc(C(F)(F)F)c1)[C@H]1C=C[C@H]2C1=C(c1ccccc1)c1ccccc1. The predicted octanol–water partition coefficient (Wildman–Crippen LogP) is 6.13. The van der Waals surface area contributed by atoms with Crippen molar-refractivity contribution in [2.75, 3.05) is 4.90 Å².